The van der Waals surface area contributed by atoms with E-state index in [1.807, 2.05) is 18.3 Å². The molecule has 0 aromatic carbocycles. The summed E-state index contributed by atoms with van der Waals surface area (Å²) in [5, 5.41) is 13.3. The van der Waals surface area contributed by atoms with E-state index in [1.165, 1.54) is 12.8 Å². The van der Waals surface area contributed by atoms with Crippen molar-refractivity contribution in [2.24, 2.45) is 5.92 Å². The molecule has 1 aliphatic carbocycles. The molecule has 1 aromatic rings. The van der Waals surface area contributed by atoms with Crippen molar-refractivity contribution in [3.63, 3.8) is 0 Å². The highest BCUT2D eigenvalue weighted by atomic mass is 16.5. The summed E-state index contributed by atoms with van der Waals surface area (Å²) in [7, 11) is 1.62. The standard InChI is InChI=1S/C14H22N2O2/c1-18-14-7-6-11(9-16-14)8-15-10-12-4-2-3-5-13(12)17/h6-7,9,12-13,15,17H,2-5,8,10H2,1H3. The number of hydrogen-bond donors (Lipinski definition) is 2. The highest BCUT2D eigenvalue weighted by molar-refractivity contribution is 5.17. The van der Waals surface area contributed by atoms with Gasteiger partial charge in [-0.05, 0) is 24.3 Å². The first-order valence-electron chi connectivity index (χ1n) is 6.67. The summed E-state index contributed by atoms with van der Waals surface area (Å²) in [5.74, 6) is 1.05. The monoisotopic (exact) mass is 250 g/mol. The van der Waals surface area contributed by atoms with Gasteiger partial charge >= 0.3 is 0 Å². The summed E-state index contributed by atoms with van der Waals surface area (Å²) in [6.07, 6.45) is 6.20. The molecule has 0 bridgehead atoms. The lowest BCUT2D eigenvalue weighted by Gasteiger charge is -2.27. The molecule has 2 N–H and O–H groups in total. The summed E-state index contributed by atoms with van der Waals surface area (Å²) in [4.78, 5) is 4.17. The van der Waals surface area contributed by atoms with Crippen LogP contribution in [0, 0.1) is 5.92 Å². The van der Waals surface area contributed by atoms with Crippen LogP contribution in [0.3, 0.4) is 0 Å². The molecule has 0 spiro atoms. The first-order valence-corrected chi connectivity index (χ1v) is 6.67. The minimum absolute atomic E-state index is 0.125. The molecule has 100 valence electrons. The maximum atomic E-state index is 9.87. The molecule has 0 saturated heterocycles. The molecule has 2 unspecified atom stereocenters. The summed E-state index contributed by atoms with van der Waals surface area (Å²) in [6, 6.07) is 3.88. The predicted octanol–water partition coefficient (Wildman–Crippen LogP) is 1.73. The van der Waals surface area contributed by atoms with Crippen molar-refractivity contribution >= 4 is 0 Å². The average Bonchev–Trinajstić information content (AvgIpc) is 2.42. The van der Waals surface area contributed by atoms with E-state index < -0.39 is 0 Å². The molecule has 1 aromatic heterocycles. The summed E-state index contributed by atoms with van der Waals surface area (Å²) < 4.78 is 5.02. The first kappa shape index (κ1) is 13.3. The molecule has 2 atom stereocenters. The zero-order chi connectivity index (χ0) is 12.8. The first-order chi connectivity index (χ1) is 8.79. The number of nitrogens with zero attached hydrogens (tertiary/aromatic N) is 1. The lowest BCUT2D eigenvalue weighted by molar-refractivity contribution is 0.0695. The molecule has 1 heterocycles. The lowest BCUT2D eigenvalue weighted by atomic mass is 9.86. The Morgan fingerprint density at radius 1 is 1.39 bits per heavy atom. The quantitative estimate of drug-likeness (QED) is 0.835. The van der Waals surface area contributed by atoms with Crippen LogP contribution >= 0.6 is 0 Å². The second-order valence-corrected chi connectivity index (χ2v) is 4.95. The Bertz CT molecular complexity index is 353. The Morgan fingerprint density at radius 3 is 2.89 bits per heavy atom. The van der Waals surface area contributed by atoms with Crippen molar-refractivity contribution in [2.75, 3.05) is 13.7 Å². The number of aliphatic hydroxyl groups is 1. The van der Waals surface area contributed by atoms with E-state index in [-0.39, 0.29) is 6.10 Å². The molecule has 1 fully saturated rings. The van der Waals surface area contributed by atoms with Gasteiger partial charge < -0.3 is 15.2 Å². The fraction of sp³-hybridized carbons (Fsp3) is 0.643. The van der Waals surface area contributed by atoms with E-state index in [9.17, 15) is 5.11 Å². The fourth-order valence-electron chi connectivity index (χ4n) is 2.46. The van der Waals surface area contributed by atoms with E-state index in [2.05, 4.69) is 10.3 Å². The Hall–Kier alpha value is -1.13. The topological polar surface area (TPSA) is 54.4 Å². The van der Waals surface area contributed by atoms with Gasteiger partial charge in [0.1, 0.15) is 0 Å². The van der Waals surface area contributed by atoms with Crippen molar-refractivity contribution in [3.8, 4) is 5.88 Å². The Kier molecular flexibility index (Phi) is 4.96. The number of aromatic nitrogens is 1. The second-order valence-electron chi connectivity index (χ2n) is 4.95. The van der Waals surface area contributed by atoms with E-state index in [0.717, 1.165) is 31.5 Å². The normalized spacial score (nSPS) is 23.9. The molecular weight excluding hydrogens is 228 g/mol. The van der Waals surface area contributed by atoms with Crippen molar-refractivity contribution in [1.82, 2.24) is 10.3 Å². The highest BCUT2D eigenvalue weighted by Gasteiger charge is 2.22. The van der Waals surface area contributed by atoms with Gasteiger partial charge in [0.2, 0.25) is 5.88 Å². The van der Waals surface area contributed by atoms with Crippen LogP contribution in [0.5, 0.6) is 5.88 Å². The SMILES string of the molecule is COc1ccc(CNCC2CCCCC2O)cn1. The van der Waals surface area contributed by atoms with Crippen LogP contribution in [0.15, 0.2) is 18.3 Å². The number of rotatable bonds is 5. The van der Waals surface area contributed by atoms with E-state index in [4.69, 9.17) is 4.74 Å². The van der Waals surface area contributed by atoms with Gasteiger partial charge in [0.25, 0.3) is 0 Å². The van der Waals surface area contributed by atoms with Gasteiger partial charge in [0.15, 0.2) is 0 Å². The maximum absolute atomic E-state index is 9.87. The number of methoxy groups -OCH3 is 1. The number of nitrogens with one attached hydrogen (secondary N) is 1. The van der Waals surface area contributed by atoms with Gasteiger partial charge in [-0.2, -0.15) is 0 Å². The highest BCUT2D eigenvalue weighted by Crippen LogP contribution is 2.23. The van der Waals surface area contributed by atoms with Crippen molar-refractivity contribution < 1.29 is 9.84 Å². The van der Waals surface area contributed by atoms with Gasteiger partial charge in [-0.25, -0.2) is 4.98 Å². The van der Waals surface area contributed by atoms with Gasteiger partial charge in [-0.15, -0.1) is 0 Å². The Labute approximate surface area is 108 Å². The fourth-order valence-corrected chi connectivity index (χ4v) is 2.46. The van der Waals surface area contributed by atoms with Crippen LogP contribution in [-0.4, -0.2) is 29.8 Å². The zero-order valence-electron chi connectivity index (χ0n) is 10.9. The Morgan fingerprint density at radius 2 is 2.22 bits per heavy atom. The molecular formula is C14H22N2O2. The number of hydrogen-bond acceptors (Lipinski definition) is 4. The molecule has 0 radical (unpaired) electrons. The third-order valence-corrected chi connectivity index (χ3v) is 3.61. The second kappa shape index (κ2) is 6.71. The lowest BCUT2D eigenvalue weighted by Crippen LogP contribution is -2.33. The van der Waals surface area contributed by atoms with Crippen LogP contribution in [0.4, 0.5) is 0 Å². The van der Waals surface area contributed by atoms with Gasteiger partial charge in [-0.3, -0.25) is 0 Å². The van der Waals surface area contributed by atoms with Crippen molar-refractivity contribution in [3.05, 3.63) is 23.9 Å². The third-order valence-electron chi connectivity index (χ3n) is 3.61. The van der Waals surface area contributed by atoms with Crippen LogP contribution in [0.2, 0.25) is 0 Å². The maximum Gasteiger partial charge on any atom is 0.212 e. The van der Waals surface area contributed by atoms with E-state index >= 15 is 0 Å². The van der Waals surface area contributed by atoms with Crippen LogP contribution in [0.25, 0.3) is 0 Å². The third kappa shape index (κ3) is 3.68. The van der Waals surface area contributed by atoms with Gasteiger partial charge in [0.05, 0.1) is 13.2 Å². The predicted molar refractivity (Wildman–Crippen MR) is 70.5 cm³/mol. The van der Waals surface area contributed by atoms with Crippen LogP contribution in [0.1, 0.15) is 31.2 Å². The summed E-state index contributed by atoms with van der Waals surface area (Å²) >= 11 is 0. The minimum atomic E-state index is -0.125. The molecule has 1 aliphatic rings. The summed E-state index contributed by atoms with van der Waals surface area (Å²) in [6.45, 7) is 1.67. The molecule has 0 aliphatic heterocycles. The molecule has 2 rings (SSSR count). The average molecular weight is 250 g/mol. The molecule has 4 heteroatoms. The number of pyridine rings is 1. The molecule has 1 saturated carbocycles. The summed E-state index contributed by atoms with van der Waals surface area (Å²) in [5.41, 5.74) is 1.14. The molecule has 4 nitrogen and oxygen atoms in total. The minimum Gasteiger partial charge on any atom is -0.481 e. The zero-order valence-corrected chi connectivity index (χ0v) is 10.9. The van der Waals surface area contributed by atoms with Crippen LogP contribution in [-0.2, 0) is 6.54 Å². The van der Waals surface area contributed by atoms with Gasteiger partial charge in [0, 0.05) is 25.4 Å². The van der Waals surface area contributed by atoms with Crippen molar-refractivity contribution in [2.45, 2.75) is 38.3 Å². The molecule has 0 amide bonds. The van der Waals surface area contributed by atoms with Gasteiger partial charge in [-0.1, -0.05) is 18.9 Å². The Balaban J connectivity index is 1.73. The number of aliphatic hydroxyl groups excluding tert-OH is 1. The smallest absolute Gasteiger partial charge is 0.212 e. The van der Waals surface area contributed by atoms with Crippen LogP contribution < -0.4 is 10.1 Å². The largest absolute Gasteiger partial charge is 0.481 e. The van der Waals surface area contributed by atoms with E-state index in [0.29, 0.717) is 11.8 Å². The number of ether oxygens (including phenoxy) is 1. The van der Waals surface area contributed by atoms with E-state index in [1.54, 1.807) is 7.11 Å². The van der Waals surface area contributed by atoms with Crippen molar-refractivity contribution in [1.29, 1.82) is 0 Å². The molecule has 18 heavy (non-hydrogen) atoms.